The van der Waals surface area contributed by atoms with E-state index < -0.39 is 21.8 Å². The van der Waals surface area contributed by atoms with Crippen molar-refractivity contribution in [2.24, 2.45) is 0 Å². The summed E-state index contributed by atoms with van der Waals surface area (Å²) in [6, 6.07) is 2.40. The molecule has 108 valence electrons. The van der Waals surface area contributed by atoms with Crippen molar-refractivity contribution in [3.05, 3.63) is 29.6 Å². The molecule has 0 amide bonds. The van der Waals surface area contributed by atoms with E-state index in [-0.39, 0.29) is 29.1 Å². The van der Waals surface area contributed by atoms with E-state index >= 15 is 0 Å². The average molecular weight is 301 g/mol. The van der Waals surface area contributed by atoms with E-state index in [1.165, 1.54) is 4.31 Å². The first-order chi connectivity index (χ1) is 9.39. The van der Waals surface area contributed by atoms with Crippen molar-refractivity contribution in [1.82, 2.24) is 4.31 Å². The van der Waals surface area contributed by atoms with Crippen LogP contribution < -0.4 is 0 Å². The monoisotopic (exact) mass is 301 g/mol. The van der Waals surface area contributed by atoms with Crippen LogP contribution in [0.25, 0.3) is 0 Å². The molecule has 3 rings (SSSR count). The largest absolute Gasteiger partial charge is 0.478 e. The summed E-state index contributed by atoms with van der Waals surface area (Å²) in [7, 11) is -3.90. The van der Waals surface area contributed by atoms with Gasteiger partial charge in [0.25, 0.3) is 0 Å². The smallest absolute Gasteiger partial charge is 0.335 e. The van der Waals surface area contributed by atoms with Crippen LogP contribution in [0, 0.1) is 5.82 Å². The highest BCUT2D eigenvalue weighted by molar-refractivity contribution is 7.89. The van der Waals surface area contributed by atoms with Crippen LogP contribution in [0.4, 0.5) is 4.39 Å². The maximum atomic E-state index is 13.4. The first-order valence-corrected chi connectivity index (χ1v) is 7.51. The zero-order valence-electron chi connectivity index (χ0n) is 10.3. The van der Waals surface area contributed by atoms with Gasteiger partial charge < -0.3 is 9.84 Å². The number of fused-ring (bicyclic) bond motifs is 1. The number of carboxylic acids is 1. The molecular formula is C12H12FNO5S. The first-order valence-electron chi connectivity index (χ1n) is 6.07. The average Bonchev–Trinajstić information content (AvgIpc) is 3.16. The second kappa shape index (κ2) is 4.51. The fourth-order valence-corrected chi connectivity index (χ4v) is 4.07. The summed E-state index contributed by atoms with van der Waals surface area (Å²) < 4.78 is 44.9. The summed E-state index contributed by atoms with van der Waals surface area (Å²) in [5.41, 5.74) is -0.385. The van der Waals surface area contributed by atoms with Gasteiger partial charge in [0, 0.05) is 6.54 Å². The molecule has 2 aliphatic rings. The highest BCUT2D eigenvalue weighted by Gasteiger charge is 2.50. The molecule has 1 aliphatic heterocycles. The summed E-state index contributed by atoms with van der Waals surface area (Å²) in [5, 5.41) is 8.87. The Labute approximate surface area is 114 Å². The Kier molecular flexibility index (Phi) is 3.03. The fourth-order valence-electron chi connectivity index (χ4n) is 2.37. The van der Waals surface area contributed by atoms with Gasteiger partial charge in [0.1, 0.15) is 5.82 Å². The van der Waals surface area contributed by atoms with Gasteiger partial charge in [0.15, 0.2) is 0 Å². The van der Waals surface area contributed by atoms with E-state index in [1.54, 1.807) is 0 Å². The lowest BCUT2D eigenvalue weighted by atomic mass is 10.2. The van der Waals surface area contributed by atoms with Crippen LogP contribution in [0.15, 0.2) is 23.1 Å². The highest BCUT2D eigenvalue weighted by atomic mass is 32.2. The van der Waals surface area contributed by atoms with Crippen molar-refractivity contribution in [3.8, 4) is 0 Å². The lowest BCUT2D eigenvalue weighted by Crippen LogP contribution is -2.41. The summed E-state index contributed by atoms with van der Waals surface area (Å²) in [6.07, 6.45) is 0.534. The third kappa shape index (κ3) is 2.19. The van der Waals surface area contributed by atoms with Crippen molar-refractivity contribution in [1.29, 1.82) is 0 Å². The van der Waals surface area contributed by atoms with Crippen molar-refractivity contribution in [2.45, 2.75) is 23.5 Å². The molecule has 2 unspecified atom stereocenters. The van der Waals surface area contributed by atoms with Crippen molar-refractivity contribution >= 4 is 16.0 Å². The predicted octanol–water partition coefficient (Wildman–Crippen LogP) is 0.686. The van der Waals surface area contributed by atoms with Crippen molar-refractivity contribution in [3.63, 3.8) is 0 Å². The van der Waals surface area contributed by atoms with Gasteiger partial charge in [-0.2, -0.15) is 4.31 Å². The Hall–Kier alpha value is -1.51. The molecule has 20 heavy (non-hydrogen) atoms. The third-order valence-electron chi connectivity index (χ3n) is 3.44. The Bertz CT molecular complexity index is 674. The Morgan fingerprint density at radius 2 is 2.15 bits per heavy atom. The van der Waals surface area contributed by atoms with Crippen LogP contribution in [0.3, 0.4) is 0 Å². The summed E-state index contributed by atoms with van der Waals surface area (Å²) in [4.78, 5) is 10.6. The van der Waals surface area contributed by atoms with E-state index in [2.05, 4.69) is 0 Å². The highest BCUT2D eigenvalue weighted by Crippen LogP contribution is 2.38. The van der Waals surface area contributed by atoms with E-state index in [9.17, 15) is 17.6 Å². The molecule has 1 heterocycles. The second-order valence-corrected chi connectivity index (χ2v) is 6.70. The molecule has 1 aromatic rings. The molecule has 1 N–H and O–H groups in total. The number of carboxylic acid groups (broad SMARTS) is 1. The Morgan fingerprint density at radius 3 is 2.85 bits per heavy atom. The molecule has 1 saturated heterocycles. The number of rotatable bonds is 3. The topological polar surface area (TPSA) is 83.9 Å². The molecule has 0 bridgehead atoms. The Morgan fingerprint density at radius 1 is 1.40 bits per heavy atom. The van der Waals surface area contributed by atoms with Gasteiger partial charge in [-0.15, -0.1) is 0 Å². The van der Waals surface area contributed by atoms with Crippen molar-refractivity contribution < 1.29 is 27.4 Å². The van der Waals surface area contributed by atoms with E-state index in [0.717, 1.165) is 18.2 Å². The summed E-state index contributed by atoms with van der Waals surface area (Å²) in [6.45, 7) is 0.490. The van der Waals surface area contributed by atoms with E-state index in [4.69, 9.17) is 9.84 Å². The van der Waals surface area contributed by atoms with Crippen molar-refractivity contribution in [2.75, 3.05) is 13.2 Å². The zero-order valence-corrected chi connectivity index (χ0v) is 11.1. The number of nitrogens with zero attached hydrogens (tertiary/aromatic N) is 1. The van der Waals surface area contributed by atoms with Gasteiger partial charge in [-0.1, -0.05) is 0 Å². The number of halogens is 1. The number of carbonyl (C=O) groups is 1. The summed E-state index contributed by atoms with van der Waals surface area (Å²) in [5.74, 6) is -2.25. The molecule has 0 aromatic heterocycles. The molecular weight excluding hydrogens is 289 g/mol. The quantitative estimate of drug-likeness (QED) is 0.888. The number of aromatic carboxylic acids is 1. The van der Waals surface area contributed by atoms with Gasteiger partial charge in [-0.3, -0.25) is 0 Å². The maximum Gasteiger partial charge on any atom is 0.335 e. The van der Waals surface area contributed by atoms with Crippen LogP contribution in [0.2, 0.25) is 0 Å². The predicted molar refractivity (Wildman–Crippen MR) is 65.4 cm³/mol. The molecule has 2 atom stereocenters. The first kappa shape index (κ1) is 13.5. The number of sulfonamides is 1. The van der Waals surface area contributed by atoms with E-state index in [0.29, 0.717) is 13.0 Å². The van der Waals surface area contributed by atoms with Gasteiger partial charge in [0.05, 0.1) is 29.2 Å². The Balaban J connectivity index is 2.00. The molecule has 1 aliphatic carbocycles. The molecule has 8 heteroatoms. The van der Waals surface area contributed by atoms with Gasteiger partial charge >= 0.3 is 5.97 Å². The number of benzene rings is 1. The van der Waals surface area contributed by atoms with Gasteiger partial charge in [-0.25, -0.2) is 17.6 Å². The van der Waals surface area contributed by atoms with Gasteiger partial charge in [0.2, 0.25) is 10.0 Å². The number of hydrogen-bond acceptors (Lipinski definition) is 4. The lowest BCUT2D eigenvalue weighted by Gasteiger charge is -2.26. The molecule has 0 spiro atoms. The number of ether oxygens (including phenoxy) is 1. The number of hydrogen-bond donors (Lipinski definition) is 1. The minimum absolute atomic E-state index is 0.0916. The fraction of sp³-hybridized carbons (Fsp3) is 0.417. The molecule has 6 nitrogen and oxygen atoms in total. The van der Waals surface area contributed by atoms with Crippen LogP contribution in [-0.4, -0.2) is 49.1 Å². The number of morpholine rings is 1. The normalized spacial score (nSPS) is 26.1. The van der Waals surface area contributed by atoms with Crippen LogP contribution in [0.5, 0.6) is 0 Å². The standard InChI is InChI=1S/C12H12FNO5S/c13-8-3-7(12(15)16)4-9(5-8)20(17,18)14-1-2-19-11-6-10(11)14/h3-5,10-11H,1-2,6H2,(H,15,16). The lowest BCUT2D eigenvalue weighted by molar-refractivity contribution is 0.0623. The second-order valence-electron chi connectivity index (χ2n) is 4.81. The van der Waals surface area contributed by atoms with E-state index in [1.807, 2.05) is 0 Å². The SMILES string of the molecule is O=C(O)c1cc(F)cc(S(=O)(=O)N2CCOC3CC32)c1. The molecule has 0 radical (unpaired) electrons. The minimum Gasteiger partial charge on any atom is -0.478 e. The summed E-state index contributed by atoms with van der Waals surface area (Å²) >= 11 is 0. The van der Waals surface area contributed by atoms with Crippen LogP contribution >= 0.6 is 0 Å². The van der Waals surface area contributed by atoms with Crippen LogP contribution in [-0.2, 0) is 14.8 Å². The molecule has 1 saturated carbocycles. The zero-order chi connectivity index (χ0) is 14.5. The maximum absolute atomic E-state index is 13.4. The van der Waals surface area contributed by atoms with Gasteiger partial charge in [-0.05, 0) is 24.6 Å². The van der Waals surface area contributed by atoms with Crippen LogP contribution in [0.1, 0.15) is 16.8 Å². The molecule has 1 aromatic carbocycles. The molecule has 2 fully saturated rings. The minimum atomic E-state index is -3.90. The third-order valence-corrected chi connectivity index (χ3v) is 5.34.